The van der Waals surface area contributed by atoms with Crippen molar-refractivity contribution in [1.82, 2.24) is 29.5 Å². The smallest absolute Gasteiger partial charge is 0.266 e. The SMILES string of the molecule is CC(C)N(C)Cc1ccc2c(c1)OCCC2n1cc(CC2C(=O)NC=CN2S(=O)(=O)c2ccccc2Cl)nn1. The number of ether oxygens (including phenoxy) is 1. The first-order chi connectivity index (χ1) is 18.6. The Kier molecular flexibility index (Phi) is 7.66. The van der Waals surface area contributed by atoms with Gasteiger partial charge in [-0.1, -0.05) is 41.1 Å². The van der Waals surface area contributed by atoms with Gasteiger partial charge in [0, 0.05) is 49.6 Å². The van der Waals surface area contributed by atoms with E-state index < -0.39 is 22.0 Å². The van der Waals surface area contributed by atoms with Crippen LogP contribution >= 0.6 is 11.6 Å². The summed E-state index contributed by atoms with van der Waals surface area (Å²) in [6.45, 7) is 5.67. The normalized spacial score (nSPS) is 19.2. The summed E-state index contributed by atoms with van der Waals surface area (Å²) in [4.78, 5) is 15.0. The molecule has 1 amide bonds. The fraction of sp³-hybridized carbons (Fsp3) is 0.370. The van der Waals surface area contributed by atoms with Gasteiger partial charge in [0.25, 0.3) is 10.0 Å². The molecule has 12 heteroatoms. The largest absolute Gasteiger partial charge is 0.493 e. The van der Waals surface area contributed by atoms with E-state index in [-0.39, 0.29) is 22.4 Å². The van der Waals surface area contributed by atoms with E-state index >= 15 is 0 Å². The van der Waals surface area contributed by atoms with Gasteiger partial charge in [0.2, 0.25) is 5.91 Å². The number of hydrogen-bond acceptors (Lipinski definition) is 7. The van der Waals surface area contributed by atoms with E-state index in [1.54, 1.807) is 23.0 Å². The van der Waals surface area contributed by atoms with Gasteiger partial charge in [-0.25, -0.2) is 13.1 Å². The van der Waals surface area contributed by atoms with E-state index in [0.717, 1.165) is 22.2 Å². The van der Waals surface area contributed by atoms with Crippen LogP contribution < -0.4 is 10.1 Å². The van der Waals surface area contributed by atoms with Crippen molar-refractivity contribution < 1.29 is 17.9 Å². The van der Waals surface area contributed by atoms with Crippen molar-refractivity contribution in [3.05, 3.63) is 82.9 Å². The fourth-order valence-electron chi connectivity index (χ4n) is 4.72. The van der Waals surface area contributed by atoms with Gasteiger partial charge in [-0.05, 0) is 44.7 Å². The van der Waals surface area contributed by atoms with Gasteiger partial charge in [0.1, 0.15) is 16.7 Å². The van der Waals surface area contributed by atoms with Crippen LogP contribution in [-0.4, -0.2) is 64.3 Å². The molecule has 2 aromatic carbocycles. The second-order valence-electron chi connectivity index (χ2n) is 10.0. The van der Waals surface area contributed by atoms with E-state index in [4.69, 9.17) is 16.3 Å². The number of carbonyl (C=O) groups is 1. The number of halogens is 1. The molecule has 0 saturated carbocycles. The van der Waals surface area contributed by atoms with Crippen molar-refractivity contribution >= 4 is 27.5 Å². The van der Waals surface area contributed by atoms with E-state index in [2.05, 4.69) is 59.6 Å². The lowest BCUT2D eigenvalue weighted by molar-refractivity contribution is -0.124. The van der Waals surface area contributed by atoms with Crippen molar-refractivity contribution in [3.63, 3.8) is 0 Å². The average Bonchev–Trinajstić information content (AvgIpc) is 3.37. The predicted molar refractivity (Wildman–Crippen MR) is 147 cm³/mol. The van der Waals surface area contributed by atoms with Crippen molar-refractivity contribution in [3.8, 4) is 5.75 Å². The van der Waals surface area contributed by atoms with Gasteiger partial charge in [0.15, 0.2) is 0 Å². The maximum atomic E-state index is 13.4. The molecule has 39 heavy (non-hydrogen) atoms. The highest BCUT2D eigenvalue weighted by molar-refractivity contribution is 7.89. The van der Waals surface area contributed by atoms with Crippen LogP contribution in [0.25, 0.3) is 0 Å². The van der Waals surface area contributed by atoms with E-state index in [1.165, 1.54) is 30.1 Å². The Morgan fingerprint density at radius 2 is 2.03 bits per heavy atom. The third-order valence-electron chi connectivity index (χ3n) is 7.13. The lowest BCUT2D eigenvalue weighted by Crippen LogP contribution is -2.50. The molecule has 0 bridgehead atoms. The van der Waals surface area contributed by atoms with Crippen LogP contribution in [-0.2, 0) is 27.8 Å². The van der Waals surface area contributed by atoms with Crippen LogP contribution in [0.2, 0.25) is 5.02 Å². The molecule has 2 atom stereocenters. The Morgan fingerprint density at radius 3 is 2.79 bits per heavy atom. The summed E-state index contributed by atoms with van der Waals surface area (Å²) in [7, 11) is -2.00. The lowest BCUT2D eigenvalue weighted by Gasteiger charge is -2.31. The summed E-state index contributed by atoms with van der Waals surface area (Å²) in [6, 6.07) is 11.7. The molecule has 3 heterocycles. The molecule has 0 spiro atoms. The van der Waals surface area contributed by atoms with Crippen molar-refractivity contribution in [2.45, 2.75) is 56.3 Å². The summed E-state index contributed by atoms with van der Waals surface area (Å²) in [5, 5.41) is 11.3. The molecule has 0 aliphatic carbocycles. The molecule has 2 aliphatic heterocycles. The number of rotatable bonds is 8. The number of nitrogens with one attached hydrogen (secondary N) is 1. The fourth-order valence-corrected chi connectivity index (χ4v) is 6.67. The summed E-state index contributed by atoms with van der Waals surface area (Å²) in [5.41, 5.74) is 2.67. The number of sulfonamides is 1. The van der Waals surface area contributed by atoms with Gasteiger partial charge >= 0.3 is 0 Å². The Bertz CT molecular complexity index is 1510. The van der Waals surface area contributed by atoms with Gasteiger partial charge in [0.05, 0.1) is 23.4 Å². The molecule has 0 saturated heterocycles. The number of hydrogen-bond donors (Lipinski definition) is 1. The molecule has 3 aromatic rings. The number of amides is 1. The van der Waals surface area contributed by atoms with Crippen LogP contribution in [0.1, 0.15) is 43.1 Å². The van der Waals surface area contributed by atoms with Crippen LogP contribution in [0, 0.1) is 0 Å². The predicted octanol–water partition coefficient (Wildman–Crippen LogP) is 3.35. The minimum absolute atomic E-state index is 0.0381. The minimum Gasteiger partial charge on any atom is -0.493 e. The maximum absolute atomic E-state index is 13.4. The van der Waals surface area contributed by atoms with E-state index in [0.29, 0.717) is 24.8 Å². The Balaban J connectivity index is 1.38. The second kappa shape index (κ2) is 11.0. The topological polar surface area (TPSA) is 110 Å². The lowest BCUT2D eigenvalue weighted by atomic mass is 9.98. The third kappa shape index (κ3) is 5.52. The molecule has 0 radical (unpaired) electrons. The highest BCUT2D eigenvalue weighted by Gasteiger charge is 2.37. The van der Waals surface area contributed by atoms with Crippen molar-refractivity contribution in [2.24, 2.45) is 0 Å². The highest BCUT2D eigenvalue weighted by Crippen LogP contribution is 2.35. The molecular weight excluding hydrogens is 540 g/mol. The standard InChI is InChI=1S/C27H31ClN6O4S/c1-18(2)32(3)16-19-8-9-21-23(10-13-38-25(21)14-19)33-17-20(30-31-33)15-24-27(35)29-11-12-34(24)39(36,37)26-7-5-4-6-22(26)28/h4-9,11-12,14,17-18,23-24H,10,13,15-16H2,1-3H3,(H,29,35). The highest BCUT2D eigenvalue weighted by atomic mass is 35.5. The molecule has 5 rings (SSSR count). The first-order valence-electron chi connectivity index (χ1n) is 12.8. The molecule has 2 aliphatic rings. The first kappa shape index (κ1) is 27.2. The summed E-state index contributed by atoms with van der Waals surface area (Å²) in [5.74, 6) is 0.366. The molecule has 1 aromatic heterocycles. The summed E-state index contributed by atoms with van der Waals surface area (Å²) < 4.78 is 35.6. The average molecular weight is 571 g/mol. The second-order valence-corrected chi connectivity index (χ2v) is 12.3. The third-order valence-corrected chi connectivity index (χ3v) is 9.41. The first-order valence-corrected chi connectivity index (χ1v) is 14.6. The molecule has 1 N–H and O–H groups in total. The van der Waals surface area contributed by atoms with Gasteiger partial charge in [-0.15, -0.1) is 5.10 Å². The Hall–Kier alpha value is -3.41. The summed E-state index contributed by atoms with van der Waals surface area (Å²) >= 11 is 6.18. The van der Waals surface area contributed by atoms with Crippen LogP contribution in [0.15, 0.2) is 66.0 Å². The number of aromatic nitrogens is 3. The number of nitrogens with zero attached hydrogens (tertiary/aromatic N) is 5. The zero-order chi connectivity index (χ0) is 27.7. The van der Waals surface area contributed by atoms with Gasteiger partial charge < -0.3 is 10.1 Å². The van der Waals surface area contributed by atoms with Gasteiger partial charge in [-0.3, -0.25) is 14.0 Å². The Morgan fingerprint density at radius 1 is 1.23 bits per heavy atom. The van der Waals surface area contributed by atoms with Crippen LogP contribution in [0.5, 0.6) is 5.75 Å². The molecule has 10 nitrogen and oxygen atoms in total. The number of carbonyl (C=O) groups excluding carboxylic acids is 1. The van der Waals surface area contributed by atoms with Gasteiger partial charge in [-0.2, -0.15) is 0 Å². The minimum atomic E-state index is -4.09. The molecule has 206 valence electrons. The van der Waals surface area contributed by atoms with E-state index in [9.17, 15) is 13.2 Å². The van der Waals surface area contributed by atoms with Crippen LogP contribution in [0.4, 0.5) is 0 Å². The summed E-state index contributed by atoms with van der Waals surface area (Å²) in [6.07, 6.45) is 5.15. The van der Waals surface area contributed by atoms with Crippen LogP contribution in [0.3, 0.4) is 0 Å². The molecular formula is C27H31ClN6O4S. The van der Waals surface area contributed by atoms with E-state index in [1.807, 2.05) is 0 Å². The van der Waals surface area contributed by atoms with Crippen molar-refractivity contribution in [2.75, 3.05) is 13.7 Å². The zero-order valence-corrected chi connectivity index (χ0v) is 23.6. The maximum Gasteiger partial charge on any atom is 0.266 e. The monoisotopic (exact) mass is 570 g/mol. The quantitative estimate of drug-likeness (QED) is 0.442. The number of benzene rings is 2. The van der Waals surface area contributed by atoms with Crippen molar-refractivity contribution in [1.29, 1.82) is 0 Å². The molecule has 0 fully saturated rings. The zero-order valence-electron chi connectivity index (χ0n) is 22.0. The molecule has 2 unspecified atom stereocenters. The number of fused-ring (bicyclic) bond motifs is 1. The Labute approximate surface area is 233 Å².